The molecule has 2 rings (SSSR count). The molecule has 4 nitrogen and oxygen atoms in total. The lowest BCUT2D eigenvalue weighted by atomic mass is 9.61. The van der Waals surface area contributed by atoms with Gasteiger partial charge < -0.3 is 4.74 Å². The Balaban J connectivity index is 2.14. The van der Waals surface area contributed by atoms with E-state index < -0.39 is 0 Å². The van der Waals surface area contributed by atoms with Crippen molar-refractivity contribution in [2.24, 2.45) is 14.1 Å². The number of nitrogens with zero attached hydrogens (tertiary/aromatic N) is 2. The first-order valence-electron chi connectivity index (χ1n) is 7.61. The summed E-state index contributed by atoms with van der Waals surface area (Å²) in [6.07, 6.45) is 10.1. The summed E-state index contributed by atoms with van der Waals surface area (Å²) in [5.41, 5.74) is 2.05. The summed E-state index contributed by atoms with van der Waals surface area (Å²) in [5.74, 6) is 1.88. The Bertz CT molecular complexity index is 669. The SMILES string of the molecule is C#CCCOC(=O)C([B-]c1n(C)cc[n+]1C)Cc1ccccc1. The van der Waals surface area contributed by atoms with Crippen LogP contribution in [0.25, 0.3) is 0 Å². The molecule has 23 heavy (non-hydrogen) atoms. The molecule has 0 aliphatic heterocycles. The molecule has 0 aliphatic carbocycles. The highest BCUT2D eigenvalue weighted by atomic mass is 16.5. The van der Waals surface area contributed by atoms with E-state index in [0.29, 0.717) is 12.8 Å². The van der Waals surface area contributed by atoms with Crippen molar-refractivity contribution in [3.63, 3.8) is 0 Å². The quantitative estimate of drug-likeness (QED) is 0.249. The molecule has 0 saturated heterocycles. The van der Waals surface area contributed by atoms with Gasteiger partial charge in [-0.2, -0.15) is 7.28 Å². The fourth-order valence-corrected chi connectivity index (χ4v) is 2.41. The molecule has 1 unspecified atom stereocenters. The van der Waals surface area contributed by atoms with Gasteiger partial charge in [0.1, 0.15) is 19.0 Å². The number of terminal acetylenes is 1. The van der Waals surface area contributed by atoms with Crippen LogP contribution in [0.1, 0.15) is 12.0 Å². The van der Waals surface area contributed by atoms with Crippen LogP contribution in [-0.4, -0.2) is 24.4 Å². The molecule has 0 fully saturated rings. The monoisotopic (exact) mass is 308 g/mol. The van der Waals surface area contributed by atoms with Crippen LogP contribution in [0, 0.1) is 12.3 Å². The molecule has 0 spiro atoms. The first-order valence-corrected chi connectivity index (χ1v) is 7.61. The van der Waals surface area contributed by atoms with Gasteiger partial charge >= 0.3 is 0 Å². The third-order valence-corrected chi connectivity index (χ3v) is 3.68. The average Bonchev–Trinajstić information content (AvgIpc) is 2.87. The van der Waals surface area contributed by atoms with Crippen LogP contribution in [-0.2, 0) is 30.0 Å². The van der Waals surface area contributed by atoms with Crippen LogP contribution in [0.15, 0.2) is 42.7 Å². The van der Waals surface area contributed by atoms with Crippen LogP contribution >= 0.6 is 0 Å². The van der Waals surface area contributed by atoms with Gasteiger partial charge in [-0.15, -0.1) is 18.2 Å². The lowest BCUT2D eigenvalue weighted by molar-refractivity contribution is -0.653. The van der Waals surface area contributed by atoms with E-state index >= 15 is 0 Å². The Morgan fingerprint density at radius 1 is 1.43 bits per heavy atom. The molecule has 2 radical (unpaired) electrons. The second-order valence-electron chi connectivity index (χ2n) is 5.46. The number of carbonyl (C=O) groups is 1. The Hall–Kier alpha value is -2.48. The van der Waals surface area contributed by atoms with Gasteiger partial charge in [0.05, 0.1) is 14.1 Å². The molecule has 0 amide bonds. The van der Waals surface area contributed by atoms with E-state index in [9.17, 15) is 4.79 Å². The fraction of sp³-hybridized carbons (Fsp3) is 0.333. The van der Waals surface area contributed by atoms with Crippen molar-refractivity contribution in [3.05, 3.63) is 48.3 Å². The van der Waals surface area contributed by atoms with Crippen molar-refractivity contribution in [2.75, 3.05) is 6.61 Å². The van der Waals surface area contributed by atoms with Crippen molar-refractivity contribution in [1.29, 1.82) is 0 Å². The first kappa shape index (κ1) is 16.9. The highest BCUT2D eigenvalue weighted by Crippen LogP contribution is 2.15. The summed E-state index contributed by atoms with van der Waals surface area (Å²) >= 11 is 0. The minimum atomic E-state index is -0.352. The molecule has 118 valence electrons. The Morgan fingerprint density at radius 2 is 2.17 bits per heavy atom. The van der Waals surface area contributed by atoms with E-state index in [-0.39, 0.29) is 18.4 Å². The van der Waals surface area contributed by atoms with E-state index in [4.69, 9.17) is 11.2 Å². The van der Waals surface area contributed by atoms with Crippen LogP contribution in [0.4, 0.5) is 0 Å². The van der Waals surface area contributed by atoms with Crippen LogP contribution < -0.4 is 10.3 Å². The summed E-state index contributed by atoms with van der Waals surface area (Å²) in [6, 6.07) is 9.93. The molecule has 2 aromatic rings. The van der Waals surface area contributed by atoms with Crippen molar-refractivity contribution in [2.45, 2.75) is 18.7 Å². The molecule has 0 N–H and O–H groups in total. The van der Waals surface area contributed by atoms with Gasteiger partial charge in [0.2, 0.25) is 0 Å². The Kier molecular flexibility index (Phi) is 6.05. The summed E-state index contributed by atoms with van der Waals surface area (Å²) < 4.78 is 9.27. The highest BCUT2D eigenvalue weighted by molar-refractivity contribution is 6.56. The van der Waals surface area contributed by atoms with Gasteiger partial charge in [0.25, 0.3) is 5.97 Å². The number of aromatic nitrogens is 2. The van der Waals surface area contributed by atoms with E-state index in [1.807, 2.05) is 73.2 Å². The topological polar surface area (TPSA) is 35.1 Å². The van der Waals surface area contributed by atoms with Crippen molar-refractivity contribution >= 4 is 19.0 Å². The predicted octanol–water partition coefficient (Wildman–Crippen LogP) is 0.777. The number of ether oxygens (including phenoxy) is 1. The Labute approximate surface area is 138 Å². The first-order chi connectivity index (χ1) is 11.1. The maximum absolute atomic E-state index is 12.4. The number of hydrogen-bond acceptors (Lipinski definition) is 2. The molecule has 1 aromatic heterocycles. The zero-order chi connectivity index (χ0) is 16.7. The third kappa shape index (κ3) is 4.75. The van der Waals surface area contributed by atoms with Gasteiger partial charge in [0, 0.05) is 12.1 Å². The maximum Gasteiger partial charge on any atom is 0.268 e. The maximum atomic E-state index is 12.4. The van der Waals surface area contributed by atoms with Crippen molar-refractivity contribution in [1.82, 2.24) is 4.57 Å². The fourth-order valence-electron chi connectivity index (χ4n) is 2.41. The summed E-state index contributed by atoms with van der Waals surface area (Å²) in [4.78, 5) is 12.4. The van der Waals surface area contributed by atoms with Gasteiger partial charge in [-0.1, -0.05) is 42.3 Å². The minimum Gasteiger partial charge on any atom is -0.467 e. The number of benzene rings is 1. The summed E-state index contributed by atoms with van der Waals surface area (Å²) in [5, 5.41) is 0. The van der Waals surface area contributed by atoms with Gasteiger partial charge in [0.15, 0.2) is 0 Å². The highest BCUT2D eigenvalue weighted by Gasteiger charge is 2.15. The van der Waals surface area contributed by atoms with E-state index in [2.05, 4.69) is 5.92 Å². The number of carbonyl (C=O) groups excluding carboxylic acids is 1. The number of esters is 1. The van der Waals surface area contributed by atoms with Gasteiger partial charge in [-0.3, -0.25) is 13.9 Å². The number of imidazole rings is 1. The second-order valence-corrected chi connectivity index (χ2v) is 5.46. The molecule has 1 atom stereocenters. The lowest BCUT2D eigenvalue weighted by Crippen LogP contribution is -2.51. The van der Waals surface area contributed by atoms with Gasteiger partial charge in [-0.25, -0.2) is 0 Å². The van der Waals surface area contributed by atoms with Crippen molar-refractivity contribution < 1.29 is 14.1 Å². The average molecular weight is 308 g/mol. The molecule has 1 heterocycles. The lowest BCUT2D eigenvalue weighted by Gasteiger charge is -2.25. The predicted molar refractivity (Wildman–Crippen MR) is 90.3 cm³/mol. The molecule has 5 heteroatoms. The molecular formula is C18H21BN2O2. The molecule has 0 saturated carbocycles. The summed E-state index contributed by atoms with van der Waals surface area (Å²) in [7, 11) is 5.86. The standard InChI is InChI=1S/C18H21BN2O2/c1-4-5-13-23-17(22)16(14-15-9-7-6-8-10-15)19-18-20(2)11-12-21(18)3/h1,6-12,16H,5,13-14H2,2-3H3. The zero-order valence-electron chi connectivity index (χ0n) is 13.6. The smallest absolute Gasteiger partial charge is 0.268 e. The van der Waals surface area contributed by atoms with E-state index in [1.54, 1.807) is 0 Å². The number of aryl methyl sites for hydroxylation is 2. The number of rotatable bonds is 7. The zero-order valence-corrected chi connectivity index (χ0v) is 13.6. The summed E-state index contributed by atoms with van der Waals surface area (Å²) in [6.45, 7) is 0.258. The minimum absolute atomic E-state index is 0.245. The van der Waals surface area contributed by atoms with E-state index in [1.165, 1.54) is 0 Å². The van der Waals surface area contributed by atoms with Gasteiger partial charge in [-0.05, 0) is 0 Å². The number of hydrogen-bond donors (Lipinski definition) is 0. The second kappa shape index (κ2) is 8.23. The largest absolute Gasteiger partial charge is 0.467 e. The van der Waals surface area contributed by atoms with Crippen LogP contribution in [0.3, 0.4) is 0 Å². The molecule has 0 aliphatic rings. The third-order valence-electron chi connectivity index (χ3n) is 3.68. The van der Waals surface area contributed by atoms with Crippen LogP contribution in [0.5, 0.6) is 0 Å². The van der Waals surface area contributed by atoms with E-state index in [0.717, 1.165) is 11.3 Å². The molecule has 0 bridgehead atoms. The molecule has 1 aromatic carbocycles. The molecular weight excluding hydrogens is 287 g/mol. The normalized spacial score (nSPS) is 11.7. The Morgan fingerprint density at radius 3 is 2.78 bits per heavy atom. The van der Waals surface area contributed by atoms with Crippen LogP contribution in [0.2, 0.25) is 5.82 Å². The van der Waals surface area contributed by atoms with Crippen molar-refractivity contribution in [3.8, 4) is 12.3 Å².